The van der Waals surface area contributed by atoms with Crippen LogP contribution in [0.3, 0.4) is 0 Å². The first-order valence-corrected chi connectivity index (χ1v) is 10.3. The Morgan fingerprint density at radius 3 is 2.56 bits per heavy atom. The van der Waals surface area contributed by atoms with E-state index in [0.29, 0.717) is 24.5 Å². The highest BCUT2D eigenvalue weighted by molar-refractivity contribution is 6.16. The summed E-state index contributed by atoms with van der Waals surface area (Å²) in [6.07, 6.45) is 0. The van der Waals surface area contributed by atoms with E-state index in [9.17, 15) is 4.79 Å². The Kier molecular flexibility index (Phi) is 5.55. The summed E-state index contributed by atoms with van der Waals surface area (Å²) in [6, 6.07) is 21.0. The predicted octanol–water partition coefficient (Wildman–Crippen LogP) is 3.33. The quantitative estimate of drug-likeness (QED) is 0.482. The summed E-state index contributed by atoms with van der Waals surface area (Å²) in [5.74, 6) is 5.92. The fourth-order valence-corrected chi connectivity index (χ4v) is 3.86. The van der Waals surface area contributed by atoms with E-state index >= 15 is 0 Å². The van der Waals surface area contributed by atoms with Crippen LogP contribution in [0.25, 0.3) is 0 Å². The summed E-state index contributed by atoms with van der Waals surface area (Å²) in [4.78, 5) is 23.4. The molecule has 1 saturated heterocycles. The number of ether oxygens (including phenoxy) is 2. The minimum absolute atomic E-state index is 0.424. The molecule has 8 nitrogen and oxygen atoms in total. The number of hydrogen-bond acceptors (Lipinski definition) is 7. The Hall–Kier alpha value is -3.72. The molecule has 3 aromatic rings. The van der Waals surface area contributed by atoms with Crippen LogP contribution in [0.5, 0.6) is 11.5 Å². The number of hydrogen-bond donors (Lipinski definition) is 2. The van der Waals surface area contributed by atoms with Crippen LogP contribution in [-0.4, -0.2) is 37.9 Å². The van der Waals surface area contributed by atoms with Crippen molar-refractivity contribution in [1.29, 1.82) is 0 Å². The molecule has 5 rings (SSSR count). The van der Waals surface area contributed by atoms with Gasteiger partial charge in [-0.05, 0) is 36.4 Å². The van der Waals surface area contributed by atoms with E-state index in [1.54, 1.807) is 12.1 Å². The maximum atomic E-state index is 12.0. The van der Waals surface area contributed by atoms with Crippen LogP contribution in [-0.2, 0) is 9.68 Å². The molecule has 162 valence electrons. The van der Waals surface area contributed by atoms with Gasteiger partial charge in [0, 0.05) is 41.5 Å². The molecule has 0 atom stereocenters. The second kappa shape index (κ2) is 8.80. The van der Waals surface area contributed by atoms with E-state index in [-0.39, 0.29) is 0 Å². The first-order chi connectivity index (χ1) is 15.7. The van der Waals surface area contributed by atoms with Crippen molar-refractivity contribution in [3.8, 4) is 11.5 Å². The van der Waals surface area contributed by atoms with Crippen LogP contribution in [0.4, 0.5) is 11.4 Å². The minimum atomic E-state index is -0.425. The van der Waals surface area contributed by atoms with E-state index in [0.717, 1.165) is 47.1 Å². The fraction of sp³-hybridized carbons (Fsp3) is 0.167. The Labute approximate surface area is 185 Å². The second-order valence-electron chi connectivity index (χ2n) is 7.44. The van der Waals surface area contributed by atoms with E-state index < -0.39 is 5.91 Å². The first-order valence-electron chi connectivity index (χ1n) is 10.3. The van der Waals surface area contributed by atoms with Gasteiger partial charge in [0.15, 0.2) is 5.75 Å². The van der Waals surface area contributed by atoms with Gasteiger partial charge in [-0.3, -0.25) is 4.79 Å². The number of para-hydroxylation sites is 2. The third-order valence-corrected chi connectivity index (χ3v) is 5.49. The lowest BCUT2D eigenvalue weighted by Crippen LogP contribution is -2.36. The van der Waals surface area contributed by atoms with Crippen LogP contribution in [0.1, 0.15) is 21.5 Å². The molecule has 2 aliphatic heterocycles. The van der Waals surface area contributed by atoms with Gasteiger partial charge in [0.25, 0.3) is 5.91 Å². The summed E-state index contributed by atoms with van der Waals surface area (Å²) in [5.41, 5.74) is 6.86. The van der Waals surface area contributed by atoms with Crippen LogP contribution < -0.4 is 21.0 Å². The monoisotopic (exact) mass is 430 g/mol. The molecule has 3 aromatic carbocycles. The number of amides is 1. The van der Waals surface area contributed by atoms with Crippen molar-refractivity contribution in [1.82, 2.24) is 5.48 Å². The van der Waals surface area contributed by atoms with Gasteiger partial charge in [0.2, 0.25) is 0 Å². The Balaban J connectivity index is 1.57. The van der Waals surface area contributed by atoms with E-state index in [1.165, 1.54) is 0 Å². The zero-order valence-electron chi connectivity index (χ0n) is 17.3. The number of rotatable bonds is 4. The summed E-state index contributed by atoms with van der Waals surface area (Å²) in [5, 5.41) is 0. The van der Waals surface area contributed by atoms with Gasteiger partial charge >= 0.3 is 0 Å². The predicted molar refractivity (Wildman–Crippen MR) is 120 cm³/mol. The Bertz CT molecular complexity index is 1170. The molecule has 0 aromatic heterocycles. The van der Waals surface area contributed by atoms with Crippen molar-refractivity contribution in [2.75, 3.05) is 31.2 Å². The van der Waals surface area contributed by atoms with Gasteiger partial charge in [-0.2, -0.15) is 10.8 Å². The van der Waals surface area contributed by atoms with Gasteiger partial charge in [0.05, 0.1) is 18.9 Å². The topological polar surface area (TPSA) is 98.4 Å². The maximum Gasteiger partial charge on any atom is 0.276 e. The SMILES string of the molecule is NONC(=O)c1ccc(C2=Nc3ccccc3Oc3cc(N4CCOCC4)ccc32)cc1. The molecule has 1 amide bonds. The van der Waals surface area contributed by atoms with Crippen molar-refractivity contribution in [2.24, 2.45) is 10.9 Å². The third kappa shape index (κ3) is 3.94. The van der Waals surface area contributed by atoms with Crippen LogP contribution in [0.2, 0.25) is 0 Å². The number of morpholine rings is 1. The number of carbonyl (C=O) groups excluding carboxylic acids is 1. The number of carbonyl (C=O) groups is 1. The number of fused-ring (bicyclic) bond motifs is 2. The normalized spacial score (nSPS) is 15.0. The average molecular weight is 430 g/mol. The van der Waals surface area contributed by atoms with Crippen LogP contribution >= 0.6 is 0 Å². The van der Waals surface area contributed by atoms with Crippen molar-refractivity contribution in [3.63, 3.8) is 0 Å². The fourth-order valence-electron chi connectivity index (χ4n) is 3.86. The van der Waals surface area contributed by atoms with Crippen molar-refractivity contribution in [2.45, 2.75) is 0 Å². The van der Waals surface area contributed by atoms with Crippen LogP contribution in [0, 0.1) is 0 Å². The molecule has 8 heteroatoms. The highest BCUT2D eigenvalue weighted by Gasteiger charge is 2.22. The molecule has 0 radical (unpaired) electrons. The van der Waals surface area contributed by atoms with Gasteiger partial charge in [-0.25, -0.2) is 10.5 Å². The molecule has 3 N–H and O–H groups in total. The number of nitrogens with one attached hydrogen (secondary N) is 1. The molecule has 2 heterocycles. The number of hydroxylamine groups is 1. The van der Waals surface area contributed by atoms with Gasteiger partial charge in [-0.15, -0.1) is 0 Å². The summed E-state index contributed by atoms with van der Waals surface area (Å²) in [7, 11) is 0. The van der Waals surface area contributed by atoms with Gasteiger partial charge < -0.3 is 14.4 Å². The summed E-state index contributed by atoms with van der Waals surface area (Å²) >= 11 is 0. The average Bonchev–Trinajstić information content (AvgIpc) is 3.01. The lowest BCUT2D eigenvalue weighted by Gasteiger charge is -2.29. The van der Waals surface area contributed by atoms with E-state index in [2.05, 4.69) is 27.5 Å². The molecular weight excluding hydrogens is 408 g/mol. The molecule has 0 unspecified atom stereocenters. The van der Waals surface area contributed by atoms with Crippen molar-refractivity contribution >= 4 is 23.0 Å². The van der Waals surface area contributed by atoms with Crippen molar-refractivity contribution in [3.05, 3.63) is 83.4 Å². The highest BCUT2D eigenvalue weighted by Crippen LogP contribution is 2.40. The molecule has 1 fully saturated rings. The number of benzene rings is 3. The van der Waals surface area contributed by atoms with Gasteiger partial charge in [-0.1, -0.05) is 24.3 Å². The van der Waals surface area contributed by atoms with Crippen LogP contribution in [0.15, 0.2) is 71.7 Å². The molecule has 32 heavy (non-hydrogen) atoms. The molecule has 0 aliphatic carbocycles. The van der Waals surface area contributed by atoms with Crippen molar-refractivity contribution < 1.29 is 19.2 Å². The third-order valence-electron chi connectivity index (χ3n) is 5.49. The lowest BCUT2D eigenvalue weighted by molar-refractivity contribution is 0.0310. The highest BCUT2D eigenvalue weighted by atomic mass is 16.8. The lowest BCUT2D eigenvalue weighted by atomic mass is 9.99. The molecule has 0 bridgehead atoms. The molecular formula is C24H22N4O4. The smallest absolute Gasteiger partial charge is 0.276 e. The Morgan fingerprint density at radius 2 is 1.78 bits per heavy atom. The van der Waals surface area contributed by atoms with E-state index in [4.69, 9.17) is 20.4 Å². The number of anilines is 1. The number of nitrogens with two attached hydrogens (primary N) is 1. The molecule has 2 aliphatic rings. The summed E-state index contributed by atoms with van der Waals surface area (Å²) in [6.45, 7) is 3.10. The maximum absolute atomic E-state index is 12.0. The standard InChI is InChI=1S/C24H22N4O4/c25-32-27-24(29)17-7-5-16(6-8-17)23-19-10-9-18(28-11-13-30-14-12-28)15-22(19)31-21-4-2-1-3-20(21)26-23/h1-10,15H,11-14,25H2,(H,27,29). The number of aliphatic imine (C=N–C) groups is 1. The number of nitrogens with zero attached hydrogens (tertiary/aromatic N) is 2. The zero-order valence-corrected chi connectivity index (χ0v) is 17.3. The molecule has 0 saturated carbocycles. The molecule has 0 spiro atoms. The second-order valence-corrected chi connectivity index (χ2v) is 7.44. The Morgan fingerprint density at radius 1 is 1.00 bits per heavy atom. The van der Waals surface area contributed by atoms with Gasteiger partial charge in [0.1, 0.15) is 11.4 Å². The minimum Gasteiger partial charge on any atom is -0.454 e. The largest absolute Gasteiger partial charge is 0.454 e. The first kappa shape index (κ1) is 20.2. The van der Waals surface area contributed by atoms with E-state index in [1.807, 2.05) is 42.5 Å². The zero-order chi connectivity index (χ0) is 21.9. The summed E-state index contributed by atoms with van der Waals surface area (Å²) < 4.78 is 11.8.